The molecule has 0 aliphatic carbocycles. The smallest absolute Gasteiger partial charge is 0.324 e. The first-order chi connectivity index (χ1) is 16.9. The van der Waals surface area contributed by atoms with E-state index in [1.807, 2.05) is 24.3 Å². The molecule has 0 spiro atoms. The zero-order chi connectivity index (χ0) is 24.8. The van der Waals surface area contributed by atoms with Crippen molar-refractivity contribution in [3.63, 3.8) is 0 Å². The number of anilines is 4. The Kier molecular flexibility index (Phi) is 8.51. The number of carbonyl (C=O) groups is 1. The van der Waals surface area contributed by atoms with Gasteiger partial charge >= 0.3 is 6.03 Å². The van der Waals surface area contributed by atoms with Gasteiger partial charge in [0.15, 0.2) is 0 Å². The first kappa shape index (κ1) is 25.3. The first-order valence-electron chi connectivity index (χ1n) is 11.2. The molecule has 1 unspecified atom stereocenters. The summed E-state index contributed by atoms with van der Waals surface area (Å²) in [5.41, 5.74) is 1.07. The molecule has 1 atom stereocenters. The largest absolute Gasteiger partial charge is 0.490 e. The van der Waals surface area contributed by atoms with Crippen molar-refractivity contribution in [2.45, 2.75) is 25.9 Å². The predicted molar refractivity (Wildman–Crippen MR) is 142 cm³/mol. The second-order valence-corrected chi connectivity index (χ2v) is 9.42. The highest BCUT2D eigenvalue weighted by molar-refractivity contribution is 6.42. The van der Waals surface area contributed by atoms with Crippen LogP contribution in [0.3, 0.4) is 0 Å². The number of ether oxygens (including phenoxy) is 1. The van der Waals surface area contributed by atoms with Crippen LogP contribution in [-0.2, 0) is 0 Å². The molecule has 4 N–H and O–H groups in total. The lowest BCUT2D eigenvalue weighted by atomic mass is 9.93. The minimum Gasteiger partial charge on any atom is -0.490 e. The van der Waals surface area contributed by atoms with Gasteiger partial charge in [0.2, 0.25) is 0 Å². The van der Waals surface area contributed by atoms with Crippen LogP contribution in [0.5, 0.6) is 5.75 Å². The maximum atomic E-state index is 12.4. The van der Waals surface area contributed by atoms with Crippen molar-refractivity contribution in [3.05, 3.63) is 63.9 Å². The first-order valence-corrected chi connectivity index (χ1v) is 12.3. The van der Waals surface area contributed by atoms with Crippen molar-refractivity contribution in [2.24, 2.45) is 5.92 Å². The van der Waals surface area contributed by atoms with Crippen molar-refractivity contribution in [1.82, 2.24) is 15.3 Å². The van der Waals surface area contributed by atoms with Crippen LogP contribution in [0, 0.1) is 5.92 Å². The van der Waals surface area contributed by atoms with Crippen molar-refractivity contribution in [3.8, 4) is 5.75 Å². The normalized spacial score (nSPS) is 14.7. The van der Waals surface area contributed by atoms with E-state index in [0.717, 1.165) is 37.4 Å². The number of benzene rings is 2. The van der Waals surface area contributed by atoms with Gasteiger partial charge in [-0.1, -0.05) is 34.8 Å². The third-order valence-electron chi connectivity index (χ3n) is 5.65. The summed E-state index contributed by atoms with van der Waals surface area (Å²) in [7, 11) is 0. The fourth-order valence-electron chi connectivity index (χ4n) is 3.81. The Hall–Kier alpha value is -2.78. The number of hydrogen-bond donors (Lipinski definition) is 4. The van der Waals surface area contributed by atoms with E-state index in [0.29, 0.717) is 16.8 Å². The minimum absolute atomic E-state index is 0.162. The summed E-state index contributed by atoms with van der Waals surface area (Å²) in [4.78, 5) is 20.7. The molecule has 3 aromatic rings. The van der Waals surface area contributed by atoms with Crippen molar-refractivity contribution < 1.29 is 9.53 Å². The van der Waals surface area contributed by atoms with Crippen molar-refractivity contribution >= 4 is 63.8 Å². The SMILES string of the molecule is CC(Oc1ccc(Nc2cc(NC(=O)Nc3c(Cl)cc(Cl)cc3Cl)ncn2)cc1)C1CCNCC1. The number of nitrogens with zero attached hydrogens (tertiary/aromatic N) is 2. The molecular weight excluding hydrogens is 511 g/mol. The topological polar surface area (TPSA) is 100 Å². The lowest BCUT2D eigenvalue weighted by Gasteiger charge is -2.28. The molecule has 2 aromatic carbocycles. The molecule has 2 amide bonds. The number of aromatic nitrogens is 2. The van der Waals surface area contributed by atoms with Gasteiger partial charge in [0.25, 0.3) is 0 Å². The van der Waals surface area contributed by atoms with Gasteiger partial charge in [-0.3, -0.25) is 5.32 Å². The highest BCUT2D eigenvalue weighted by atomic mass is 35.5. The average molecular weight is 536 g/mol. The molecule has 1 fully saturated rings. The predicted octanol–water partition coefficient (Wildman–Crippen LogP) is 6.59. The molecule has 35 heavy (non-hydrogen) atoms. The van der Waals surface area contributed by atoms with Gasteiger partial charge in [0.05, 0.1) is 21.8 Å². The molecule has 2 heterocycles. The molecule has 8 nitrogen and oxygen atoms in total. The van der Waals surface area contributed by atoms with E-state index >= 15 is 0 Å². The third kappa shape index (κ3) is 7.11. The molecule has 0 bridgehead atoms. The van der Waals surface area contributed by atoms with Crippen molar-refractivity contribution in [1.29, 1.82) is 0 Å². The molecule has 1 aliphatic rings. The standard InChI is InChI=1S/C24H25Cl3N6O2/c1-14(15-6-8-28-9-7-15)35-18-4-2-17(3-5-18)31-21-12-22(30-13-29-21)32-24(34)33-23-19(26)10-16(25)11-20(23)27/h2-5,10-15,28H,6-9H2,1H3,(H3,29,30,31,32,33,34). The summed E-state index contributed by atoms with van der Waals surface area (Å²) in [6.07, 6.45) is 3.76. The molecule has 0 radical (unpaired) electrons. The van der Waals surface area contributed by atoms with Crippen LogP contribution < -0.4 is 26.0 Å². The minimum atomic E-state index is -0.565. The molecular formula is C24H25Cl3N6O2. The summed E-state index contributed by atoms with van der Waals surface area (Å²) >= 11 is 18.1. The van der Waals surface area contributed by atoms with Gasteiger partial charge in [-0.15, -0.1) is 0 Å². The van der Waals surface area contributed by atoms with Crippen LogP contribution in [0.15, 0.2) is 48.8 Å². The molecule has 1 aromatic heterocycles. The second kappa shape index (κ2) is 11.8. The Morgan fingerprint density at radius 3 is 2.34 bits per heavy atom. The van der Waals surface area contributed by atoms with Crippen LogP contribution in [-0.4, -0.2) is 35.2 Å². The molecule has 11 heteroatoms. The monoisotopic (exact) mass is 534 g/mol. The van der Waals surface area contributed by atoms with E-state index in [1.54, 1.807) is 6.07 Å². The molecule has 4 rings (SSSR count). The number of carbonyl (C=O) groups excluding carboxylic acids is 1. The summed E-state index contributed by atoms with van der Waals surface area (Å²) < 4.78 is 6.13. The highest BCUT2D eigenvalue weighted by Gasteiger charge is 2.21. The Morgan fingerprint density at radius 1 is 1.00 bits per heavy atom. The maximum absolute atomic E-state index is 12.4. The average Bonchev–Trinajstić information content (AvgIpc) is 2.83. The van der Waals surface area contributed by atoms with Gasteiger partial charge in [-0.2, -0.15) is 0 Å². The van der Waals surface area contributed by atoms with E-state index in [-0.39, 0.29) is 27.7 Å². The Bertz CT molecular complexity index is 1150. The van der Waals surface area contributed by atoms with E-state index in [9.17, 15) is 4.79 Å². The van der Waals surface area contributed by atoms with Gasteiger partial charge in [0.1, 0.15) is 23.7 Å². The van der Waals surface area contributed by atoms with Crippen LogP contribution in [0.25, 0.3) is 0 Å². The highest BCUT2D eigenvalue weighted by Crippen LogP contribution is 2.33. The molecule has 1 aliphatic heterocycles. The van der Waals surface area contributed by atoms with Crippen LogP contribution >= 0.6 is 34.8 Å². The number of hydrogen-bond acceptors (Lipinski definition) is 6. The second-order valence-electron chi connectivity index (χ2n) is 8.17. The lowest BCUT2D eigenvalue weighted by molar-refractivity contribution is 0.128. The van der Waals surface area contributed by atoms with Crippen molar-refractivity contribution in [2.75, 3.05) is 29.0 Å². The van der Waals surface area contributed by atoms with Gasteiger partial charge < -0.3 is 20.7 Å². The van der Waals surface area contributed by atoms with E-state index in [2.05, 4.69) is 38.2 Å². The van der Waals surface area contributed by atoms with Gasteiger partial charge in [-0.05, 0) is 75.2 Å². The van der Waals surface area contributed by atoms with Crippen LogP contribution in [0.1, 0.15) is 19.8 Å². The Balaban J connectivity index is 1.34. The molecule has 1 saturated heterocycles. The number of amides is 2. The number of piperidine rings is 1. The summed E-state index contributed by atoms with van der Waals surface area (Å²) in [5, 5.41) is 12.6. The van der Waals surface area contributed by atoms with E-state index in [4.69, 9.17) is 39.5 Å². The maximum Gasteiger partial charge on any atom is 0.324 e. The van der Waals surface area contributed by atoms with E-state index < -0.39 is 6.03 Å². The van der Waals surface area contributed by atoms with E-state index in [1.165, 1.54) is 18.5 Å². The fourth-order valence-corrected chi connectivity index (χ4v) is 4.72. The van der Waals surface area contributed by atoms with Crippen LogP contribution in [0.4, 0.5) is 27.8 Å². The summed E-state index contributed by atoms with van der Waals surface area (Å²) in [5.74, 6) is 2.18. The fraction of sp³-hybridized carbons (Fsp3) is 0.292. The number of urea groups is 1. The lowest BCUT2D eigenvalue weighted by Crippen LogP contribution is -2.35. The van der Waals surface area contributed by atoms with Gasteiger partial charge in [0, 0.05) is 16.8 Å². The Morgan fingerprint density at radius 2 is 1.66 bits per heavy atom. The number of rotatable bonds is 7. The molecule has 184 valence electrons. The summed E-state index contributed by atoms with van der Waals surface area (Å²) in [6, 6.07) is 11.7. The summed E-state index contributed by atoms with van der Waals surface area (Å²) in [6.45, 7) is 4.21. The Labute approximate surface area is 218 Å². The zero-order valence-corrected chi connectivity index (χ0v) is 21.2. The molecule has 0 saturated carbocycles. The quantitative estimate of drug-likeness (QED) is 0.272. The zero-order valence-electron chi connectivity index (χ0n) is 18.9. The number of nitrogens with one attached hydrogen (secondary N) is 4. The van der Waals surface area contributed by atoms with Crippen LogP contribution in [0.2, 0.25) is 15.1 Å². The number of halogens is 3. The van der Waals surface area contributed by atoms with Gasteiger partial charge in [-0.25, -0.2) is 14.8 Å². The third-order valence-corrected chi connectivity index (χ3v) is 6.46.